The lowest BCUT2D eigenvalue weighted by Gasteiger charge is -2.22. The Morgan fingerprint density at radius 2 is 1.77 bits per heavy atom. The maximum Gasteiger partial charge on any atom is 0.264 e. The first-order valence-corrected chi connectivity index (χ1v) is 10.9. The van der Waals surface area contributed by atoms with E-state index in [0.29, 0.717) is 27.7 Å². The van der Waals surface area contributed by atoms with Crippen molar-refractivity contribution in [2.45, 2.75) is 11.8 Å². The zero-order valence-corrected chi connectivity index (χ0v) is 18.3. The third-order valence-electron chi connectivity index (χ3n) is 4.62. The van der Waals surface area contributed by atoms with Crippen LogP contribution in [-0.2, 0) is 10.0 Å². The van der Waals surface area contributed by atoms with Crippen molar-refractivity contribution < 1.29 is 17.9 Å². The molecule has 3 aromatic rings. The summed E-state index contributed by atoms with van der Waals surface area (Å²) in [6, 6.07) is 18.0. The topological polar surface area (TPSA) is 75.7 Å². The first-order valence-electron chi connectivity index (χ1n) is 9.03. The minimum absolute atomic E-state index is 0.00208. The SMILES string of the molecule is COc1ccccc1N(C)S(=O)(=O)c1ccc(C)c(C(=O)Nc2cccc(Cl)c2)c1. The Morgan fingerprint density at radius 3 is 2.47 bits per heavy atom. The lowest BCUT2D eigenvalue weighted by atomic mass is 10.1. The van der Waals surface area contributed by atoms with Gasteiger partial charge in [0, 0.05) is 23.3 Å². The van der Waals surface area contributed by atoms with E-state index in [1.165, 1.54) is 26.3 Å². The number of hydrogen-bond donors (Lipinski definition) is 1. The molecule has 0 spiro atoms. The van der Waals surface area contributed by atoms with Crippen LogP contribution in [0.15, 0.2) is 71.6 Å². The number of carbonyl (C=O) groups excluding carboxylic acids is 1. The predicted octanol–water partition coefficient (Wildman–Crippen LogP) is 4.73. The molecule has 0 radical (unpaired) electrons. The number of sulfonamides is 1. The van der Waals surface area contributed by atoms with Gasteiger partial charge in [-0.3, -0.25) is 9.10 Å². The van der Waals surface area contributed by atoms with Crippen molar-refractivity contribution in [2.24, 2.45) is 0 Å². The summed E-state index contributed by atoms with van der Waals surface area (Å²) in [6.07, 6.45) is 0. The highest BCUT2D eigenvalue weighted by Crippen LogP contribution is 2.31. The Labute approximate surface area is 181 Å². The molecule has 1 N–H and O–H groups in total. The summed E-state index contributed by atoms with van der Waals surface area (Å²) in [5, 5.41) is 3.23. The molecule has 30 heavy (non-hydrogen) atoms. The average molecular weight is 445 g/mol. The van der Waals surface area contributed by atoms with Gasteiger partial charge in [0.1, 0.15) is 5.75 Å². The highest BCUT2D eigenvalue weighted by molar-refractivity contribution is 7.92. The van der Waals surface area contributed by atoms with Crippen LogP contribution >= 0.6 is 11.6 Å². The highest BCUT2D eigenvalue weighted by Gasteiger charge is 2.25. The van der Waals surface area contributed by atoms with Gasteiger partial charge in [0.15, 0.2) is 0 Å². The second-order valence-electron chi connectivity index (χ2n) is 6.59. The molecule has 0 saturated carbocycles. The smallest absolute Gasteiger partial charge is 0.264 e. The number of rotatable bonds is 6. The molecule has 0 saturated heterocycles. The van der Waals surface area contributed by atoms with Crippen molar-refractivity contribution in [1.29, 1.82) is 0 Å². The van der Waals surface area contributed by atoms with Crippen LogP contribution in [0.3, 0.4) is 0 Å². The number of nitrogens with zero attached hydrogens (tertiary/aromatic N) is 1. The second-order valence-corrected chi connectivity index (χ2v) is 8.99. The van der Waals surface area contributed by atoms with Gasteiger partial charge in [0.05, 0.1) is 17.7 Å². The summed E-state index contributed by atoms with van der Waals surface area (Å²) in [5.74, 6) is 0.00127. The largest absolute Gasteiger partial charge is 0.495 e. The number of halogens is 1. The predicted molar refractivity (Wildman–Crippen MR) is 119 cm³/mol. The molecule has 0 aliphatic carbocycles. The van der Waals surface area contributed by atoms with Crippen molar-refractivity contribution in [3.05, 3.63) is 82.9 Å². The Morgan fingerprint density at radius 1 is 1.03 bits per heavy atom. The molecule has 0 bridgehead atoms. The first kappa shape index (κ1) is 21.7. The van der Waals surface area contributed by atoms with Crippen molar-refractivity contribution in [2.75, 3.05) is 23.8 Å². The summed E-state index contributed by atoms with van der Waals surface area (Å²) >= 11 is 5.96. The Bertz CT molecular complexity index is 1200. The van der Waals surface area contributed by atoms with Gasteiger partial charge in [0.2, 0.25) is 0 Å². The summed E-state index contributed by atoms with van der Waals surface area (Å²) in [5.41, 5.74) is 1.81. The van der Waals surface area contributed by atoms with Gasteiger partial charge in [-0.15, -0.1) is 0 Å². The second kappa shape index (κ2) is 8.77. The van der Waals surface area contributed by atoms with Crippen LogP contribution in [0.1, 0.15) is 15.9 Å². The maximum atomic E-state index is 13.2. The van der Waals surface area contributed by atoms with Crippen molar-refractivity contribution >= 4 is 38.9 Å². The zero-order chi connectivity index (χ0) is 21.9. The number of amides is 1. The molecule has 0 aliphatic rings. The summed E-state index contributed by atoms with van der Waals surface area (Å²) in [7, 11) is -1.01. The van der Waals surface area contributed by atoms with Crippen LogP contribution in [0.5, 0.6) is 5.75 Å². The lowest BCUT2D eigenvalue weighted by Crippen LogP contribution is -2.27. The van der Waals surface area contributed by atoms with Gasteiger partial charge in [0.25, 0.3) is 15.9 Å². The fourth-order valence-corrected chi connectivity index (χ4v) is 4.37. The zero-order valence-electron chi connectivity index (χ0n) is 16.7. The molecule has 3 rings (SSSR count). The number of carbonyl (C=O) groups is 1. The lowest BCUT2D eigenvalue weighted by molar-refractivity contribution is 0.102. The highest BCUT2D eigenvalue weighted by atomic mass is 35.5. The standard InChI is InChI=1S/C22H21ClN2O4S/c1-15-11-12-18(14-19(15)22(26)24-17-8-6-7-16(23)13-17)30(27,28)25(2)20-9-4-5-10-21(20)29-3/h4-14H,1-3H3,(H,24,26). The van der Waals surface area contributed by atoms with E-state index in [2.05, 4.69) is 5.32 Å². The van der Waals surface area contributed by atoms with Gasteiger partial charge in [-0.2, -0.15) is 0 Å². The van der Waals surface area contributed by atoms with E-state index < -0.39 is 15.9 Å². The normalized spacial score (nSPS) is 11.1. The summed E-state index contributed by atoms with van der Waals surface area (Å²) in [6.45, 7) is 1.74. The summed E-state index contributed by atoms with van der Waals surface area (Å²) in [4.78, 5) is 12.8. The van der Waals surface area contributed by atoms with Gasteiger partial charge in [-0.1, -0.05) is 35.9 Å². The number of benzene rings is 3. The minimum Gasteiger partial charge on any atom is -0.495 e. The Balaban J connectivity index is 1.96. The number of para-hydroxylation sites is 2. The molecule has 0 unspecified atom stereocenters. The summed E-state index contributed by atoms with van der Waals surface area (Å²) < 4.78 is 32.8. The van der Waals surface area contributed by atoms with Crippen LogP contribution < -0.4 is 14.4 Å². The molecule has 0 fully saturated rings. The molecule has 156 valence electrons. The number of ether oxygens (including phenoxy) is 1. The number of nitrogens with one attached hydrogen (secondary N) is 1. The molecular formula is C22H21ClN2O4S. The first-order chi connectivity index (χ1) is 14.2. The molecule has 0 heterocycles. The van der Waals surface area contributed by atoms with E-state index >= 15 is 0 Å². The van der Waals surface area contributed by atoms with E-state index in [9.17, 15) is 13.2 Å². The molecule has 3 aromatic carbocycles. The number of aryl methyl sites for hydroxylation is 1. The molecule has 6 nitrogen and oxygen atoms in total. The molecule has 0 aliphatic heterocycles. The van der Waals surface area contributed by atoms with Crippen LogP contribution in [0.4, 0.5) is 11.4 Å². The maximum absolute atomic E-state index is 13.2. The van der Waals surface area contributed by atoms with E-state index in [1.54, 1.807) is 61.5 Å². The van der Waals surface area contributed by atoms with Gasteiger partial charge < -0.3 is 10.1 Å². The van der Waals surface area contributed by atoms with E-state index in [0.717, 1.165) is 4.31 Å². The van der Waals surface area contributed by atoms with Crippen molar-refractivity contribution in [1.82, 2.24) is 0 Å². The minimum atomic E-state index is -3.92. The number of anilines is 2. The third-order valence-corrected chi connectivity index (χ3v) is 6.62. The third kappa shape index (κ3) is 4.42. The fourth-order valence-electron chi connectivity index (χ4n) is 2.95. The molecule has 1 amide bonds. The van der Waals surface area contributed by atoms with E-state index in [-0.39, 0.29) is 10.5 Å². The van der Waals surface area contributed by atoms with Crippen LogP contribution in [0.25, 0.3) is 0 Å². The Hall–Kier alpha value is -3.03. The van der Waals surface area contributed by atoms with Gasteiger partial charge >= 0.3 is 0 Å². The van der Waals surface area contributed by atoms with Crippen molar-refractivity contribution in [3.63, 3.8) is 0 Å². The monoisotopic (exact) mass is 444 g/mol. The number of hydrogen-bond acceptors (Lipinski definition) is 4. The molecule has 8 heteroatoms. The van der Waals surface area contributed by atoms with E-state index in [4.69, 9.17) is 16.3 Å². The van der Waals surface area contributed by atoms with Crippen LogP contribution in [0, 0.1) is 6.92 Å². The Kier molecular flexibility index (Phi) is 6.34. The number of methoxy groups -OCH3 is 1. The van der Waals surface area contributed by atoms with Crippen LogP contribution in [0.2, 0.25) is 5.02 Å². The van der Waals surface area contributed by atoms with Gasteiger partial charge in [-0.25, -0.2) is 8.42 Å². The molecular weight excluding hydrogens is 424 g/mol. The quantitative estimate of drug-likeness (QED) is 0.596. The molecule has 0 aromatic heterocycles. The van der Waals surface area contributed by atoms with Crippen LogP contribution in [-0.4, -0.2) is 28.5 Å². The average Bonchev–Trinajstić information content (AvgIpc) is 2.73. The fraction of sp³-hybridized carbons (Fsp3) is 0.136. The van der Waals surface area contributed by atoms with Crippen molar-refractivity contribution in [3.8, 4) is 5.75 Å². The molecule has 0 atom stereocenters. The van der Waals surface area contributed by atoms with Gasteiger partial charge in [-0.05, 0) is 55.0 Å². The van der Waals surface area contributed by atoms with E-state index in [1.807, 2.05) is 0 Å².